The van der Waals surface area contributed by atoms with Gasteiger partial charge in [0.25, 0.3) is 11.9 Å². The summed E-state index contributed by atoms with van der Waals surface area (Å²) in [4.78, 5) is 27.2. The van der Waals surface area contributed by atoms with Gasteiger partial charge in [-0.2, -0.15) is 16.9 Å². The number of amides is 1. The van der Waals surface area contributed by atoms with Crippen LogP contribution >= 0.6 is 11.8 Å². The average Bonchev–Trinajstić information content (AvgIpc) is 3.18. The highest BCUT2D eigenvalue weighted by Crippen LogP contribution is 2.18. The Bertz CT molecular complexity index is 876. The van der Waals surface area contributed by atoms with Gasteiger partial charge in [-0.15, -0.1) is 0 Å². The van der Waals surface area contributed by atoms with E-state index < -0.39 is 0 Å². The minimum absolute atomic E-state index is 0.288. The molecule has 0 aromatic carbocycles. The lowest BCUT2D eigenvalue weighted by molar-refractivity contribution is 0.102. The van der Waals surface area contributed by atoms with Gasteiger partial charge in [-0.05, 0) is 12.1 Å². The number of hydrogen-bond acceptors (Lipinski definition) is 7. The summed E-state index contributed by atoms with van der Waals surface area (Å²) in [7, 11) is 0. The van der Waals surface area contributed by atoms with Gasteiger partial charge in [0.15, 0.2) is 0 Å². The Labute approximate surface area is 154 Å². The van der Waals surface area contributed by atoms with E-state index in [4.69, 9.17) is 0 Å². The molecule has 3 aromatic heterocycles. The van der Waals surface area contributed by atoms with Crippen molar-refractivity contribution in [2.75, 3.05) is 34.8 Å². The van der Waals surface area contributed by atoms with E-state index in [1.165, 1.54) is 4.68 Å². The quantitative estimate of drug-likeness (QED) is 0.753. The molecular weight excluding hydrogens is 350 g/mol. The standard InChI is InChI=1S/C17H17N7OS/c25-16(15-3-1-2-4-18-15)22-13-9-21-24(12-13)17-19-10-14(11-20-17)23-5-7-26-8-6-23/h1-4,9-12H,5-8H2,(H,22,25). The van der Waals surface area contributed by atoms with Gasteiger partial charge in [-0.1, -0.05) is 6.07 Å². The highest BCUT2D eigenvalue weighted by Gasteiger charge is 2.13. The van der Waals surface area contributed by atoms with Crippen LogP contribution in [-0.2, 0) is 0 Å². The van der Waals surface area contributed by atoms with Crippen molar-refractivity contribution in [3.63, 3.8) is 0 Å². The molecule has 0 saturated carbocycles. The first-order chi connectivity index (χ1) is 12.8. The minimum atomic E-state index is -0.288. The first-order valence-electron chi connectivity index (χ1n) is 8.22. The molecule has 0 bridgehead atoms. The molecule has 1 saturated heterocycles. The molecular formula is C17H17N7OS. The van der Waals surface area contributed by atoms with Crippen LogP contribution in [0.4, 0.5) is 11.4 Å². The van der Waals surface area contributed by atoms with Crippen LogP contribution in [0.25, 0.3) is 5.95 Å². The van der Waals surface area contributed by atoms with Crippen molar-refractivity contribution in [2.24, 2.45) is 0 Å². The van der Waals surface area contributed by atoms with Gasteiger partial charge in [0.2, 0.25) is 0 Å². The van der Waals surface area contributed by atoms with Gasteiger partial charge in [0.1, 0.15) is 5.69 Å². The van der Waals surface area contributed by atoms with Crippen LogP contribution in [0.15, 0.2) is 49.2 Å². The molecule has 3 aromatic rings. The minimum Gasteiger partial charge on any atom is -0.367 e. The molecule has 9 heteroatoms. The number of carbonyl (C=O) groups excluding carboxylic acids is 1. The van der Waals surface area contributed by atoms with Crippen LogP contribution < -0.4 is 10.2 Å². The van der Waals surface area contributed by atoms with Gasteiger partial charge in [0.05, 0.1) is 36.2 Å². The molecule has 1 aliphatic rings. The number of hydrogen-bond donors (Lipinski definition) is 1. The Morgan fingerprint density at radius 3 is 2.62 bits per heavy atom. The summed E-state index contributed by atoms with van der Waals surface area (Å²) < 4.78 is 1.53. The predicted molar refractivity (Wildman–Crippen MR) is 101 cm³/mol. The van der Waals surface area contributed by atoms with Crippen molar-refractivity contribution in [1.82, 2.24) is 24.7 Å². The normalized spacial score (nSPS) is 14.2. The predicted octanol–water partition coefficient (Wildman–Crippen LogP) is 1.86. The molecule has 0 spiro atoms. The van der Waals surface area contributed by atoms with Gasteiger partial charge in [-0.3, -0.25) is 9.78 Å². The molecule has 0 unspecified atom stereocenters. The van der Waals surface area contributed by atoms with Crippen LogP contribution in [0, 0.1) is 0 Å². The maximum Gasteiger partial charge on any atom is 0.274 e. The largest absolute Gasteiger partial charge is 0.367 e. The lowest BCUT2D eigenvalue weighted by Crippen LogP contribution is -2.32. The number of nitrogens with one attached hydrogen (secondary N) is 1. The van der Waals surface area contributed by atoms with E-state index in [1.807, 2.05) is 24.2 Å². The van der Waals surface area contributed by atoms with Crippen LogP contribution in [-0.4, -0.2) is 55.2 Å². The summed E-state index contributed by atoms with van der Waals surface area (Å²) in [5, 5.41) is 6.98. The van der Waals surface area contributed by atoms with Crippen LogP contribution in [0.2, 0.25) is 0 Å². The summed E-state index contributed by atoms with van der Waals surface area (Å²) in [6.07, 6.45) is 8.43. The van der Waals surface area contributed by atoms with E-state index >= 15 is 0 Å². The zero-order valence-electron chi connectivity index (χ0n) is 13.9. The second-order valence-corrected chi connectivity index (χ2v) is 6.91. The Kier molecular flexibility index (Phi) is 4.78. The van der Waals surface area contributed by atoms with Crippen molar-refractivity contribution in [3.05, 3.63) is 54.9 Å². The average molecular weight is 367 g/mol. The summed E-state index contributed by atoms with van der Waals surface area (Å²) in [5.74, 6) is 2.42. The van der Waals surface area contributed by atoms with Crippen LogP contribution in [0.1, 0.15) is 10.5 Å². The molecule has 0 aliphatic carbocycles. The summed E-state index contributed by atoms with van der Waals surface area (Å²) >= 11 is 1.96. The topological polar surface area (TPSA) is 88.8 Å². The number of anilines is 2. The lowest BCUT2D eigenvalue weighted by atomic mass is 10.3. The third kappa shape index (κ3) is 3.67. The molecule has 4 rings (SSSR count). The Hall–Kier alpha value is -2.94. The number of thioether (sulfide) groups is 1. The van der Waals surface area contributed by atoms with E-state index in [9.17, 15) is 4.79 Å². The van der Waals surface area contributed by atoms with E-state index in [0.717, 1.165) is 30.3 Å². The maximum atomic E-state index is 12.1. The summed E-state index contributed by atoms with van der Waals surface area (Å²) in [6.45, 7) is 2.03. The Morgan fingerprint density at radius 2 is 1.88 bits per heavy atom. The Balaban J connectivity index is 1.45. The number of aromatic nitrogens is 5. The van der Waals surface area contributed by atoms with Gasteiger partial charge in [0, 0.05) is 30.8 Å². The molecule has 0 atom stereocenters. The molecule has 1 amide bonds. The molecule has 8 nitrogen and oxygen atoms in total. The first kappa shape index (κ1) is 16.5. The SMILES string of the molecule is O=C(Nc1cnn(-c2ncc(N3CCSCC3)cn2)c1)c1ccccn1. The Morgan fingerprint density at radius 1 is 1.08 bits per heavy atom. The summed E-state index contributed by atoms with van der Waals surface area (Å²) in [6, 6.07) is 5.18. The first-order valence-corrected chi connectivity index (χ1v) is 9.37. The smallest absolute Gasteiger partial charge is 0.274 e. The second-order valence-electron chi connectivity index (χ2n) is 5.68. The molecule has 1 fully saturated rings. The van der Waals surface area contributed by atoms with E-state index in [2.05, 4.69) is 30.3 Å². The molecule has 132 valence electrons. The fourth-order valence-electron chi connectivity index (χ4n) is 2.61. The number of rotatable bonds is 4. The second kappa shape index (κ2) is 7.52. The zero-order chi connectivity index (χ0) is 17.8. The zero-order valence-corrected chi connectivity index (χ0v) is 14.8. The van der Waals surface area contributed by atoms with Crippen molar-refractivity contribution in [1.29, 1.82) is 0 Å². The van der Waals surface area contributed by atoms with Crippen molar-refractivity contribution in [3.8, 4) is 5.95 Å². The van der Waals surface area contributed by atoms with Crippen molar-refractivity contribution in [2.45, 2.75) is 0 Å². The highest BCUT2D eigenvalue weighted by atomic mass is 32.2. The molecule has 1 aliphatic heterocycles. The molecule has 1 N–H and O–H groups in total. The number of carbonyl (C=O) groups is 1. The molecule has 4 heterocycles. The van der Waals surface area contributed by atoms with Crippen LogP contribution in [0.5, 0.6) is 0 Å². The molecule has 0 radical (unpaired) electrons. The summed E-state index contributed by atoms with van der Waals surface area (Å²) in [5.41, 5.74) is 1.92. The van der Waals surface area contributed by atoms with Crippen LogP contribution in [0.3, 0.4) is 0 Å². The lowest BCUT2D eigenvalue weighted by Gasteiger charge is -2.27. The van der Waals surface area contributed by atoms with Gasteiger partial charge < -0.3 is 10.2 Å². The third-order valence-corrected chi connectivity index (χ3v) is 4.89. The number of nitrogens with zero attached hydrogens (tertiary/aromatic N) is 6. The third-order valence-electron chi connectivity index (χ3n) is 3.94. The number of pyridine rings is 1. The van der Waals surface area contributed by atoms with Gasteiger partial charge >= 0.3 is 0 Å². The maximum absolute atomic E-state index is 12.1. The van der Waals surface area contributed by atoms with E-state index in [1.54, 1.807) is 36.8 Å². The van der Waals surface area contributed by atoms with Gasteiger partial charge in [-0.25, -0.2) is 14.6 Å². The molecule has 26 heavy (non-hydrogen) atoms. The fourth-order valence-corrected chi connectivity index (χ4v) is 3.51. The van der Waals surface area contributed by atoms with Crippen molar-refractivity contribution >= 4 is 29.0 Å². The van der Waals surface area contributed by atoms with E-state index in [-0.39, 0.29) is 5.91 Å². The fraction of sp³-hybridized carbons (Fsp3) is 0.235. The van der Waals surface area contributed by atoms with Crippen molar-refractivity contribution < 1.29 is 4.79 Å². The van der Waals surface area contributed by atoms with E-state index in [0.29, 0.717) is 17.3 Å². The monoisotopic (exact) mass is 367 g/mol. The highest BCUT2D eigenvalue weighted by molar-refractivity contribution is 7.99.